The van der Waals surface area contributed by atoms with Gasteiger partial charge in [-0.2, -0.15) is 0 Å². The molecule has 5 heteroatoms. The number of nitrogens with two attached hydrogens (primary N) is 1. The van der Waals surface area contributed by atoms with Gasteiger partial charge in [-0.05, 0) is 6.42 Å². The van der Waals surface area contributed by atoms with Crippen molar-refractivity contribution >= 4 is 11.9 Å². The van der Waals surface area contributed by atoms with Gasteiger partial charge in [0.05, 0.1) is 0 Å². The third kappa shape index (κ3) is 7.93. The minimum absolute atomic E-state index is 0.248. The van der Waals surface area contributed by atoms with E-state index in [1.165, 1.54) is 0 Å². The normalized spacial score (nSPS) is 12.1. The van der Waals surface area contributed by atoms with Crippen LogP contribution in [-0.4, -0.2) is 29.7 Å². The Hall–Kier alpha value is -1.10. The Morgan fingerprint density at radius 2 is 2.00 bits per heavy atom. The van der Waals surface area contributed by atoms with Gasteiger partial charge in [-0.3, -0.25) is 9.59 Å². The van der Waals surface area contributed by atoms with Gasteiger partial charge < -0.3 is 15.6 Å². The van der Waals surface area contributed by atoms with E-state index in [2.05, 4.69) is 6.92 Å². The number of esters is 1. The number of aliphatic carboxylic acids is 1. The Labute approximate surface area is 89.6 Å². The molecule has 0 aliphatic heterocycles. The first-order valence-corrected chi connectivity index (χ1v) is 5.22. The molecule has 0 radical (unpaired) electrons. The summed E-state index contributed by atoms with van der Waals surface area (Å²) in [5, 5.41) is 8.42. The minimum Gasteiger partial charge on any atom is -0.480 e. The maximum Gasteiger partial charge on any atom is 0.324 e. The molecule has 0 amide bonds. The molecule has 0 saturated carbocycles. The van der Waals surface area contributed by atoms with Gasteiger partial charge in [0, 0.05) is 6.42 Å². The summed E-state index contributed by atoms with van der Waals surface area (Å²) in [6.07, 6.45) is 4.33. The summed E-state index contributed by atoms with van der Waals surface area (Å²) in [4.78, 5) is 21.4. The van der Waals surface area contributed by atoms with E-state index in [9.17, 15) is 9.59 Å². The molecule has 0 aliphatic rings. The highest BCUT2D eigenvalue weighted by atomic mass is 16.5. The predicted octanol–water partition coefficient (Wildman–Crippen LogP) is 0.912. The van der Waals surface area contributed by atoms with Crippen molar-refractivity contribution in [3.63, 3.8) is 0 Å². The summed E-state index contributed by atoms with van der Waals surface area (Å²) in [5.74, 6) is -1.53. The van der Waals surface area contributed by atoms with Gasteiger partial charge in [0.25, 0.3) is 0 Å². The molecule has 0 aliphatic carbocycles. The molecule has 0 aromatic rings. The van der Waals surface area contributed by atoms with Crippen molar-refractivity contribution in [1.29, 1.82) is 0 Å². The van der Waals surface area contributed by atoms with Crippen molar-refractivity contribution < 1.29 is 19.4 Å². The van der Waals surface area contributed by atoms with Crippen molar-refractivity contribution in [2.75, 3.05) is 6.61 Å². The van der Waals surface area contributed by atoms with Gasteiger partial charge in [-0.15, -0.1) is 0 Å². The molecule has 15 heavy (non-hydrogen) atoms. The second-order valence-corrected chi connectivity index (χ2v) is 3.44. The van der Waals surface area contributed by atoms with Crippen molar-refractivity contribution in [2.24, 2.45) is 5.73 Å². The van der Waals surface area contributed by atoms with Crippen LogP contribution >= 0.6 is 0 Å². The lowest BCUT2D eigenvalue weighted by Crippen LogP contribution is -2.35. The molecule has 3 N–H and O–H groups in total. The van der Waals surface area contributed by atoms with Crippen molar-refractivity contribution in [3.8, 4) is 0 Å². The van der Waals surface area contributed by atoms with Crippen LogP contribution in [0.3, 0.4) is 0 Å². The molecule has 0 rings (SSSR count). The third-order valence-corrected chi connectivity index (χ3v) is 1.98. The maximum atomic E-state index is 11.1. The Balaban J connectivity index is 3.45. The summed E-state index contributed by atoms with van der Waals surface area (Å²) in [6.45, 7) is 1.84. The molecular formula is C10H19NO4. The number of carbonyl (C=O) groups excluding carboxylic acids is 1. The highest BCUT2D eigenvalue weighted by Gasteiger charge is 2.13. The molecule has 1 atom stereocenters. The van der Waals surface area contributed by atoms with Crippen LogP contribution in [0.2, 0.25) is 0 Å². The molecule has 0 spiro atoms. The number of carbonyl (C=O) groups is 2. The second-order valence-electron chi connectivity index (χ2n) is 3.44. The van der Waals surface area contributed by atoms with E-state index in [-0.39, 0.29) is 12.6 Å². The van der Waals surface area contributed by atoms with Gasteiger partial charge >= 0.3 is 11.9 Å². The molecule has 0 aromatic carbocycles. The fourth-order valence-electron chi connectivity index (χ4n) is 1.02. The third-order valence-electron chi connectivity index (χ3n) is 1.98. The molecule has 88 valence electrons. The van der Waals surface area contributed by atoms with Crippen LogP contribution in [-0.2, 0) is 14.3 Å². The number of carboxylic acids is 1. The summed E-state index contributed by atoms with van der Waals surface area (Å²) in [7, 11) is 0. The average Bonchev–Trinajstić information content (AvgIpc) is 2.20. The van der Waals surface area contributed by atoms with Crippen molar-refractivity contribution in [1.82, 2.24) is 0 Å². The summed E-state index contributed by atoms with van der Waals surface area (Å²) in [5.41, 5.74) is 5.16. The molecule has 0 unspecified atom stereocenters. The van der Waals surface area contributed by atoms with Gasteiger partial charge in [0.2, 0.25) is 0 Å². The average molecular weight is 217 g/mol. The SMILES string of the molecule is CCCCCCC(=O)OC[C@H](N)C(=O)O. The van der Waals surface area contributed by atoms with E-state index in [1.54, 1.807) is 0 Å². The van der Waals surface area contributed by atoms with Crippen LogP contribution in [0.1, 0.15) is 39.0 Å². The lowest BCUT2D eigenvalue weighted by molar-refractivity contribution is -0.147. The van der Waals surface area contributed by atoms with E-state index >= 15 is 0 Å². The molecule has 0 saturated heterocycles. The first kappa shape index (κ1) is 13.9. The number of hydrogen-bond donors (Lipinski definition) is 2. The van der Waals surface area contributed by atoms with E-state index in [0.29, 0.717) is 6.42 Å². The number of ether oxygens (including phenoxy) is 1. The molecule has 0 aromatic heterocycles. The van der Waals surface area contributed by atoms with Crippen molar-refractivity contribution in [3.05, 3.63) is 0 Å². The Morgan fingerprint density at radius 1 is 1.33 bits per heavy atom. The fourth-order valence-corrected chi connectivity index (χ4v) is 1.02. The van der Waals surface area contributed by atoms with Crippen LogP contribution in [0, 0.1) is 0 Å². The minimum atomic E-state index is -1.16. The highest BCUT2D eigenvalue weighted by molar-refractivity contribution is 5.74. The fraction of sp³-hybridized carbons (Fsp3) is 0.800. The Morgan fingerprint density at radius 3 is 2.53 bits per heavy atom. The number of carboxylic acid groups (broad SMARTS) is 1. The molecule has 0 heterocycles. The van der Waals surface area contributed by atoms with Gasteiger partial charge in [0.15, 0.2) is 0 Å². The van der Waals surface area contributed by atoms with Crippen LogP contribution in [0.25, 0.3) is 0 Å². The van der Waals surface area contributed by atoms with E-state index in [0.717, 1.165) is 25.7 Å². The van der Waals surface area contributed by atoms with Crippen LogP contribution in [0.4, 0.5) is 0 Å². The standard InChI is InChI=1S/C10H19NO4/c1-2-3-4-5-6-9(12)15-7-8(11)10(13)14/h8H,2-7,11H2,1H3,(H,13,14)/t8-/m0/s1. The Kier molecular flexibility index (Phi) is 7.62. The van der Waals surface area contributed by atoms with Crippen LogP contribution in [0.15, 0.2) is 0 Å². The summed E-state index contributed by atoms with van der Waals surface area (Å²) >= 11 is 0. The summed E-state index contributed by atoms with van der Waals surface area (Å²) < 4.78 is 4.70. The lowest BCUT2D eigenvalue weighted by Gasteiger charge is -2.07. The van der Waals surface area contributed by atoms with Crippen LogP contribution < -0.4 is 5.73 Å². The van der Waals surface area contributed by atoms with Crippen molar-refractivity contribution in [2.45, 2.75) is 45.1 Å². The highest BCUT2D eigenvalue weighted by Crippen LogP contribution is 2.03. The van der Waals surface area contributed by atoms with E-state index in [1.807, 2.05) is 0 Å². The van der Waals surface area contributed by atoms with E-state index < -0.39 is 12.0 Å². The zero-order valence-electron chi connectivity index (χ0n) is 9.07. The zero-order chi connectivity index (χ0) is 11.7. The number of hydrogen-bond acceptors (Lipinski definition) is 4. The molecule has 5 nitrogen and oxygen atoms in total. The Bertz CT molecular complexity index is 206. The quantitative estimate of drug-likeness (QED) is 0.466. The number of rotatable bonds is 8. The summed E-state index contributed by atoms with van der Waals surface area (Å²) in [6, 6.07) is -1.12. The molecule has 0 bridgehead atoms. The predicted molar refractivity (Wildman–Crippen MR) is 55.3 cm³/mol. The smallest absolute Gasteiger partial charge is 0.324 e. The number of unbranched alkanes of at least 4 members (excludes halogenated alkanes) is 3. The first-order valence-electron chi connectivity index (χ1n) is 5.22. The van der Waals surface area contributed by atoms with Gasteiger partial charge in [-0.25, -0.2) is 0 Å². The van der Waals surface area contributed by atoms with Gasteiger partial charge in [0.1, 0.15) is 12.6 Å². The maximum absolute atomic E-state index is 11.1. The first-order chi connectivity index (χ1) is 7.07. The molecular weight excluding hydrogens is 198 g/mol. The monoisotopic (exact) mass is 217 g/mol. The lowest BCUT2D eigenvalue weighted by atomic mass is 10.2. The largest absolute Gasteiger partial charge is 0.480 e. The van der Waals surface area contributed by atoms with E-state index in [4.69, 9.17) is 15.6 Å². The topological polar surface area (TPSA) is 89.6 Å². The zero-order valence-corrected chi connectivity index (χ0v) is 9.07. The second kappa shape index (κ2) is 8.23. The molecule has 0 fully saturated rings. The van der Waals surface area contributed by atoms with Gasteiger partial charge in [-0.1, -0.05) is 26.2 Å². The van der Waals surface area contributed by atoms with Crippen LogP contribution in [0.5, 0.6) is 0 Å².